The van der Waals surface area contributed by atoms with E-state index in [4.69, 9.17) is 0 Å². The molecule has 0 atom stereocenters. The fraction of sp³-hybridized carbons (Fsp3) is 0.364. The molecule has 2 aromatic rings. The van der Waals surface area contributed by atoms with Gasteiger partial charge in [-0.05, 0) is 25.5 Å². The molecule has 2 rings (SSSR count). The van der Waals surface area contributed by atoms with Crippen LogP contribution in [0.2, 0.25) is 0 Å². The summed E-state index contributed by atoms with van der Waals surface area (Å²) in [6, 6.07) is 6.37. The average Bonchev–Trinajstić information content (AvgIpc) is 2.85. The Morgan fingerprint density at radius 2 is 2.27 bits per heavy atom. The predicted molar refractivity (Wildman–Crippen MR) is 65.4 cm³/mol. The largest absolute Gasteiger partial charge is 0.369 e. The number of rotatable bonds is 4. The third-order valence-electron chi connectivity index (χ3n) is 2.21. The second-order valence-electron chi connectivity index (χ2n) is 3.32. The number of aromatic amines is 1. The molecule has 0 saturated carbocycles. The molecule has 0 bridgehead atoms. The van der Waals surface area contributed by atoms with Gasteiger partial charge in [-0.1, -0.05) is 6.92 Å². The van der Waals surface area contributed by atoms with Crippen LogP contribution in [0.15, 0.2) is 18.2 Å². The van der Waals surface area contributed by atoms with Gasteiger partial charge in [-0.15, -0.1) is 11.3 Å². The number of hydrogen-bond acceptors (Lipinski definition) is 3. The summed E-state index contributed by atoms with van der Waals surface area (Å²) in [5, 5.41) is 10.4. The maximum Gasteiger partial charge on any atom is 0.148 e. The SMILES string of the molecule is CCNc1cc(-c2ccc(CC)s2)[nH]n1. The maximum atomic E-state index is 4.19. The molecular weight excluding hydrogens is 206 g/mol. The molecule has 0 aliphatic heterocycles. The van der Waals surface area contributed by atoms with Crippen molar-refractivity contribution in [3.63, 3.8) is 0 Å². The molecule has 0 spiro atoms. The van der Waals surface area contributed by atoms with E-state index < -0.39 is 0 Å². The Bertz CT molecular complexity index is 430. The summed E-state index contributed by atoms with van der Waals surface area (Å²) in [5.41, 5.74) is 1.09. The molecule has 3 nitrogen and oxygen atoms in total. The summed E-state index contributed by atoms with van der Waals surface area (Å²) < 4.78 is 0. The number of nitrogens with zero attached hydrogens (tertiary/aromatic N) is 1. The van der Waals surface area contributed by atoms with Crippen molar-refractivity contribution in [2.24, 2.45) is 0 Å². The second kappa shape index (κ2) is 4.49. The zero-order valence-electron chi connectivity index (χ0n) is 9.00. The van der Waals surface area contributed by atoms with Crippen molar-refractivity contribution in [1.82, 2.24) is 10.2 Å². The van der Waals surface area contributed by atoms with Gasteiger partial charge in [-0.3, -0.25) is 5.10 Å². The quantitative estimate of drug-likeness (QED) is 0.832. The van der Waals surface area contributed by atoms with E-state index >= 15 is 0 Å². The molecule has 2 N–H and O–H groups in total. The number of aryl methyl sites for hydroxylation is 1. The molecule has 80 valence electrons. The second-order valence-corrected chi connectivity index (χ2v) is 4.49. The molecule has 0 amide bonds. The minimum absolute atomic E-state index is 0.898. The number of aromatic nitrogens is 2. The topological polar surface area (TPSA) is 40.7 Å². The van der Waals surface area contributed by atoms with Crippen molar-refractivity contribution in [3.8, 4) is 10.6 Å². The Balaban J connectivity index is 2.21. The number of thiophene rings is 1. The van der Waals surface area contributed by atoms with E-state index in [2.05, 4.69) is 47.6 Å². The van der Waals surface area contributed by atoms with Gasteiger partial charge >= 0.3 is 0 Å². The first-order valence-corrected chi connectivity index (χ1v) is 6.03. The van der Waals surface area contributed by atoms with E-state index in [9.17, 15) is 0 Å². The van der Waals surface area contributed by atoms with Crippen molar-refractivity contribution in [2.45, 2.75) is 20.3 Å². The van der Waals surface area contributed by atoms with Gasteiger partial charge < -0.3 is 5.32 Å². The molecule has 0 unspecified atom stereocenters. The summed E-state index contributed by atoms with van der Waals surface area (Å²) >= 11 is 1.82. The highest BCUT2D eigenvalue weighted by atomic mass is 32.1. The lowest BCUT2D eigenvalue weighted by molar-refractivity contribution is 1.07. The van der Waals surface area contributed by atoms with Gasteiger partial charge in [-0.25, -0.2) is 0 Å². The molecule has 0 aliphatic carbocycles. The van der Waals surface area contributed by atoms with Crippen molar-refractivity contribution < 1.29 is 0 Å². The Labute approximate surface area is 93.5 Å². The highest BCUT2D eigenvalue weighted by Gasteiger charge is 2.05. The van der Waals surface area contributed by atoms with Crippen LogP contribution in [0.3, 0.4) is 0 Å². The Hall–Kier alpha value is -1.29. The van der Waals surface area contributed by atoms with E-state index in [0.29, 0.717) is 0 Å². The summed E-state index contributed by atoms with van der Waals surface area (Å²) in [6.45, 7) is 5.14. The van der Waals surface area contributed by atoms with Crippen molar-refractivity contribution in [3.05, 3.63) is 23.1 Å². The molecule has 0 fully saturated rings. The van der Waals surface area contributed by atoms with E-state index in [1.54, 1.807) is 0 Å². The first-order valence-electron chi connectivity index (χ1n) is 5.21. The fourth-order valence-electron chi connectivity index (χ4n) is 1.43. The third kappa shape index (κ3) is 2.21. The summed E-state index contributed by atoms with van der Waals surface area (Å²) in [5.74, 6) is 0.916. The van der Waals surface area contributed by atoms with Crippen LogP contribution in [0.25, 0.3) is 10.6 Å². The van der Waals surface area contributed by atoms with E-state index in [1.165, 1.54) is 9.75 Å². The Morgan fingerprint density at radius 3 is 2.93 bits per heavy atom. The fourth-order valence-corrected chi connectivity index (χ4v) is 2.35. The zero-order valence-corrected chi connectivity index (χ0v) is 9.82. The van der Waals surface area contributed by atoms with Crippen LogP contribution in [0.5, 0.6) is 0 Å². The maximum absolute atomic E-state index is 4.19. The van der Waals surface area contributed by atoms with Gasteiger partial charge in [0.2, 0.25) is 0 Å². The van der Waals surface area contributed by atoms with Crippen molar-refractivity contribution in [1.29, 1.82) is 0 Å². The minimum atomic E-state index is 0.898. The highest BCUT2D eigenvalue weighted by Crippen LogP contribution is 2.28. The van der Waals surface area contributed by atoms with Crippen LogP contribution in [0.4, 0.5) is 5.82 Å². The van der Waals surface area contributed by atoms with Gasteiger partial charge in [-0.2, -0.15) is 5.10 Å². The highest BCUT2D eigenvalue weighted by molar-refractivity contribution is 7.15. The van der Waals surface area contributed by atoms with Gasteiger partial charge in [0.05, 0.1) is 10.6 Å². The van der Waals surface area contributed by atoms with Crippen molar-refractivity contribution in [2.75, 3.05) is 11.9 Å². The zero-order chi connectivity index (χ0) is 10.7. The van der Waals surface area contributed by atoms with Gasteiger partial charge in [0.15, 0.2) is 0 Å². The van der Waals surface area contributed by atoms with Crippen LogP contribution in [-0.2, 0) is 6.42 Å². The van der Waals surface area contributed by atoms with E-state index in [0.717, 1.165) is 24.5 Å². The first kappa shape index (κ1) is 10.2. The van der Waals surface area contributed by atoms with E-state index in [1.807, 2.05) is 11.3 Å². The Kier molecular flexibility index (Phi) is 3.06. The molecule has 0 saturated heterocycles. The third-order valence-corrected chi connectivity index (χ3v) is 3.47. The lowest BCUT2D eigenvalue weighted by Gasteiger charge is -1.92. The predicted octanol–water partition coefficient (Wildman–Crippen LogP) is 3.13. The summed E-state index contributed by atoms with van der Waals surface area (Å²) in [6.07, 6.45) is 1.10. The van der Waals surface area contributed by atoms with Crippen LogP contribution < -0.4 is 5.32 Å². The van der Waals surface area contributed by atoms with Crippen LogP contribution in [-0.4, -0.2) is 16.7 Å². The number of anilines is 1. The number of hydrogen-bond donors (Lipinski definition) is 2. The molecule has 15 heavy (non-hydrogen) atoms. The minimum Gasteiger partial charge on any atom is -0.369 e. The van der Waals surface area contributed by atoms with Crippen molar-refractivity contribution >= 4 is 17.2 Å². The number of nitrogens with one attached hydrogen (secondary N) is 2. The van der Waals surface area contributed by atoms with Crippen LogP contribution in [0.1, 0.15) is 18.7 Å². The Morgan fingerprint density at radius 1 is 1.40 bits per heavy atom. The smallest absolute Gasteiger partial charge is 0.148 e. The molecule has 0 radical (unpaired) electrons. The average molecular weight is 221 g/mol. The van der Waals surface area contributed by atoms with Gasteiger partial charge in [0.25, 0.3) is 0 Å². The molecule has 0 aromatic carbocycles. The number of H-pyrrole nitrogens is 1. The van der Waals surface area contributed by atoms with Crippen LogP contribution in [0, 0.1) is 0 Å². The van der Waals surface area contributed by atoms with Gasteiger partial charge in [0.1, 0.15) is 5.82 Å². The van der Waals surface area contributed by atoms with E-state index in [-0.39, 0.29) is 0 Å². The first-order chi connectivity index (χ1) is 7.33. The standard InChI is InChI=1S/C11H15N3S/c1-3-8-5-6-10(15-8)9-7-11(12-4-2)14-13-9/h5-7H,3-4H2,1-2H3,(H2,12,13,14). The molecular formula is C11H15N3S. The molecule has 2 aromatic heterocycles. The molecule has 4 heteroatoms. The summed E-state index contributed by atoms with van der Waals surface area (Å²) in [7, 11) is 0. The lowest BCUT2D eigenvalue weighted by Crippen LogP contribution is -1.95. The summed E-state index contributed by atoms with van der Waals surface area (Å²) in [4.78, 5) is 2.66. The molecule has 0 aliphatic rings. The normalized spacial score (nSPS) is 10.5. The monoisotopic (exact) mass is 221 g/mol. The van der Waals surface area contributed by atoms with Crippen LogP contribution >= 0.6 is 11.3 Å². The van der Waals surface area contributed by atoms with Gasteiger partial charge in [0, 0.05) is 17.5 Å². The lowest BCUT2D eigenvalue weighted by atomic mass is 10.3. The molecule has 2 heterocycles.